The third-order valence-corrected chi connectivity index (χ3v) is 4.86. The maximum Gasteiger partial charge on any atom is 0.335 e. The molecule has 1 fully saturated rings. The number of carbonyl (C=O) groups excluding carboxylic acids is 1. The number of benzene rings is 2. The SMILES string of the molecule is O=C(Cc1cccc(C(=O)O)c1)NCC1(c2ccccc2)CCC1. The topological polar surface area (TPSA) is 66.4 Å². The third-order valence-electron chi connectivity index (χ3n) is 4.86. The second-order valence-corrected chi connectivity index (χ2v) is 6.46. The zero-order chi connectivity index (χ0) is 17.0. The monoisotopic (exact) mass is 323 g/mol. The number of rotatable bonds is 6. The summed E-state index contributed by atoms with van der Waals surface area (Å²) < 4.78 is 0. The lowest BCUT2D eigenvalue weighted by Crippen LogP contribution is -2.45. The molecule has 1 saturated carbocycles. The highest BCUT2D eigenvalue weighted by molar-refractivity contribution is 5.88. The number of carboxylic acids is 1. The van der Waals surface area contributed by atoms with Crippen LogP contribution in [-0.2, 0) is 16.6 Å². The first-order valence-corrected chi connectivity index (χ1v) is 8.24. The van der Waals surface area contributed by atoms with Crippen molar-refractivity contribution in [3.05, 3.63) is 71.3 Å². The van der Waals surface area contributed by atoms with Crippen molar-refractivity contribution in [2.24, 2.45) is 0 Å². The van der Waals surface area contributed by atoms with E-state index in [0.717, 1.165) is 18.4 Å². The van der Waals surface area contributed by atoms with Crippen molar-refractivity contribution >= 4 is 11.9 Å². The highest BCUT2D eigenvalue weighted by Crippen LogP contribution is 2.43. The Balaban J connectivity index is 1.61. The van der Waals surface area contributed by atoms with E-state index in [1.54, 1.807) is 18.2 Å². The number of hydrogen-bond acceptors (Lipinski definition) is 2. The molecule has 1 aliphatic rings. The molecule has 0 unspecified atom stereocenters. The van der Waals surface area contributed by atoms with Crippen LogP contribution in [0.15, 0.2) is 54.6 Å². The molecule has 0 bridgehead atoms. The fraction of sp³-hybridized carbons (Fsp3) is 0.300. The van der Waals surface area contributed by atoms with E-state index in [2.05, 4.69) is 17.4 Å². The molecule has 0 aliphatic heterocycles. The van der Waals surface area contributed by atoms with Gasteiger partial charge in [0.15, 0.2) is 0 Å². The number of amides is 1. The van der Waals surface area contributed by atoms with E-state index in [1.807, 2.05) is 18.2 Å². The quantitative estimate of drug-likeness (QED) is 0.858. The molecule has 0 saturated heterocycles. The van der Waals surface area contributed by atoms with E-state index in [-0.39, 0.29) is 23.3 Å². The number of hydrogen-bond donors (Lipinski definition) is 2. The zero-order valence-electron chi connectivity index (χ0n) is 13.5. The van der Waals surface area contributed by atoms with Gasteiger partial charge in [-0.25, -0.2) is 4.79 Å². The van der Waals surface area contributed by atoms with Gasteiger partial charge in [0.2, 0.25) is 5.91 Å². The molecule has 2 aromatic rings. The second kappa shape index (κ2) is 6.87. The molecule has 0 radical (unpaired) electrons. The molecule has 4 heteroatoms. The van der Waals surface area contributed by atoms with Crippen LogP contribution in [0.2, 0.25) is 0 Å². The molecule has 0 aromatic heterocycles. The van der Waals surface area contributed by atoms with Gasteiger partial charge in [-0.2, -0.15) is 0 Å². The Morgan fingerprint density at radius 3 is 2.42 bits per heavy atom. The summed E-state index contributed by atoms with van der Waals surface area (Å²) in [7, 11) is 0. The molecule has 4 nitrogen and oxygen atoms in total. The summed E-state index contributed by atoms with van der Waals surface area (Å²) in [6, 6.07) is 16.9. The van der Waals surface area contributed by atoms with Crippen LogP contribution in [0.5, 0.6) is 0 Å². The van der Waals surface area contributed by atoms with E-state index < -0.39 is 5.97 Å². The molecule has 0 heterocycles. The van der Waals surface area contributed by atoms with Crippen LogP contribution in [0.1, 0.15) is 40.7 Å². The average Bonchev–Trinajstić information content (AvgIpc) is 2.55. The Morgan fingerprint density at radius 1 is 1.04 bits per heavy atom. The summed E-state index contributed by atoms with van der Waals surface area (Å²) in [6.45, 7) is 0.633. The van der Waals surface area contributed by atoms with Gasteiger partial charge in [-0.1, -0.05) is 48.9 Å². The van der Waals surface area contributed by atoms with Crippen LogP contribution in [-0.4, -0.2) is 23.5 Å². The van der Waals surface area contributed by atoms with Crippen LogP contribution in [0.4, 0.5) is 0 Å². The molecule has 2 aromatic carbocycles. The number of carbonyl (C=O) groups is 2. The van der Waals surface area contributed by atoms with Crippen LogP contribution >= 0.6 is 0 Å². The summed E-state index contributed by atoms with van der Waals surface area (Å²) >= 11 is 0. The lowest BCUT2D eigenvalue weighted by molar-refractivity contribution is -0.120. The van der Waals surface area contributed by atoms with Crippen LogP contribution in [0, 0.1) is 0 Å². The van der Waals surface area contributed by atoms with Crippen LogP contribution < -0.4 is 5.32 Å². The van der Waals surface area contributed by atoms with Crippen molar-refractivity contribution < 1.29 is 14.7 Å². The molecule has 1 aliphatic carbocycles. The summed E-state index contributed by atoms with van der Waals surface area (Å²) in [5.74, 6) is -1.05. The van der Waals surface area contributed by atoms with Crippen LogP contribution in [0.25, 0.3) is 0 Å². The maximum atomic E-state index is 12.3. The zero-order valence-corrected chi connectivity index (χ0v) is 13.5. The van der Waals surface area contributed by atoms with E-state index in [9.17, 15) is 9.59 Å². The molecule has 2 N–H and O–H groups in total. The fourth-order valence-electron chi connectivity index (χ4n) is 3.29. The molecule has 24 heavy (non-hydrogen) atoms. The fourth-order valence-corrected chi connectivity index (χ4v) is 3.29. The van der Waals surface area contributed by atoms with Crippen molar-refractivity contribution in [1.82, 2.24) is 5.32 Å². The molecular formula is C20H21NO3. The highest BCUT2D eigenvalue weighted by atomic mass is 16.4. The third kappa shape index (κ3) is 3.48. The van der Waals surface area contributed by atoms with E-state index in [0.29, 0.717) is 6.54 Å². The normalized spacial score (nSPS) is 15.3. The molecule has 0 spiro atoms. The van der Waals surface area contributed by atoms with Crippen molar-refractivity contribution in [2.45, 2.75) is 31.1 Å². The minimum atomic E-state index is -0.977. The van der Waals surface area contributed by atoms with Gasteiger partial charge in [-0.3, -0.25) is 4.79 Å². The lowest BCUT2D eigenvalue weighted by atomic mass is 9.64. The molecule has 124 valence electrons. The molecular weight excluding hydrogens is 302 g/mol. The molecule has 1 amide bonds. The van der Waals surface area contributed by atoms with Gasteiger partial charge in [0.1, 0.15) is 0 Å². The van der Waals surface area contributed by atoms with Crippen molar-refractivity contribution in [3.63, 3.8) is 0 Å². The van der Waals surface area contributed by atoms with Gasteiger partial charge in [0, 0.05) is 12.0 Å². The van der Waals surface area contributed by atoms with Crippen molar-refractivity contribution in [2.75, 3.05) is 6.54 Å². The molecule has 3 rings (SSSR count). The van der Waals surface area contributed by atoms with Gasteiger partial charge in [-0.05, 0) is 36.1 Å². The minimum Gasteiger partial charge on any atom is -0.478 e. The summed E-state index contributed by atoms with van der Waals surface area (Å²) in [5, 5.41) is 12.1. The Hall–Kier alpha value is -2.62. The summed E-state index contributed by atoms with van der Waals surface area (Å²) in [5.41, 5.74) is 2.26. The number of nitrogens with one attached hydrogen (secondary N) is 1. The second-order valence-electron chi connectivity index (χ2n) is 6.46. The van der Waals surface area contributed by atoms with Gasteiger partial charge in [-0.15, -0.1) is 0 Å². The Kier molecular flexibility index (Phi) is 4.65. The first-order chi connectivity index (χ1) is 11.6. The molecule has 0 atom stereocenters. The van der Waals surface area contributed by atoms with Crippen molar-refractivity contribution in [3.8, 4) is 0 Å². The highest BCUT2D eigenvalue weighted by Gasteiger charge is 2.38. The minimum absolute atomic E-state index is 0.0554. The smallest absolute Gasteiger partial charge is 0.335 e. The van der Waals surface area contributed by atoms with E-state index >= 15 is 0 Å². The van der Waals surface area contributed by atoms with Gasteiger partial charge < -0.3 is 10.4 Å². The Morgan fingerprint density at radius 2 is 1.79 bits per heavy atom. The predicted molar refractivity (Wildman–Crippen MR) is 92.1 cm³/mol. The largest absolute Gasteiger partial charge is 0.478 e. The van der Waals surface area contributed by atoms with Gasteiger partial charge >= 0.3 is 5.97 Å². The van der Waals surface area contributed by atoms with Crippen molar-refractivity contribution in [1.29, 1.82) is 0 Å². The first-order valence-electron chi connectivity index (χ1n) is 8.24. The Bertz CT molecular complexity index is 736. The van der Waals surface area contributed by atoms with E-state index in [4.69, 9.17) is 5.11 Å². The van der Waals surface area contributed by atoms with Crippen LogP contribution in [0.3, 0.4) is 0 Å². The standard InChI is InChI=1S/C20H21NO3/c22-18(13-15-6-4-7-16(12-15)19(23)24)21-14-20(10-5-11-20)17-8-2-1-3-9-17/h1-4,6-9,12H,5,10-11,13-14H2,(H,21,22)(H,23,24). The number of carboxylic acid groups (broad SMARTS) is 1. The maximum absolute atomic E-state index is 12.3. The Labute approximate surface area is 141 Å². The summed E-state index contributed by atoms with van der Waals surface area (Å²) in [6.07, 6.45) is 3.56. The summed E-state index contributed by atoms with van der Waals surface area (Å²) in [4.78, 5) is 23.3. The number of aromatic carboxylic acids is 1. The first kappa shape index (κ1) is 16.2. The predicted octanol–water partition coefficient (Wildman–Crippen LogP) is 3.17. The van der Waals surface area contributed by atoms with E-state index in [1.165, 1.54) is 18.1 Å². The van der Waals surface area contributed by atoms with Gasteiger partial charge in [0.25, 0.3) is 0 Å². The van der Waals surface area contributed by atoms with Gasteiger partial charge in [0.05, 0.1) is 12.0 Å². The average molecular weight is 323 g/mol. The lowest BCUT2D eigenvalue weighted by Gasteiger charge is -2.42.